The van der Waals surface area contributed by atoms with E-state index < -0.39 is 12.0 Å². The van der Waals surface area contributed by atoms with E-state index in [1.165, 1.54) is 19.3 Å². The van der Waals surface area contributed by atoms with E-state index in [-0.39, 0.29) is 0 Å². The van der Waals surface area contributed by atoms with Crippen molar-refractivity contribution in [2.75, 3.05) is 0 Å². The molecule has 0 spiro atoms. The third-order valence-electron chi connectivity index (χ3n) is 1.99. The van der Waals surface area contributed by atoms with E-state index in [1.54, 1.807) is 0 Å². The minimum atomic E-state index is -1.02. The van der Waals surface area contributed by atoms with E-state index in [2.05, 4.69) is 12.7 Å². The van der Waals surface area contributed by atoms with E-state index in [0.29, 0.717) is 6.42 Å². The maximum atomic E-state index is 10.2. The Kier molecular flexibility index (Phi) is 6.76. The Hall–Kier alpha value is -0.570. The Morgan fingerprint density at radius 2 is 1.92 bits per heavy atom. The second-order valence-electron chi connectivity index (χ2n) is 3.22. The third-order valence-corrected chi connectivity index (χ3v) is 1.99. The molecule has 12 heavy (non-hydrogen) atoms. The molecular weight excluding hydrogens is 154 g/mol. The van der Waals surface area contributed by atoms with Crippen molar-refractivity contribution in [3.63, 3.8) is 0 Å². The van der Waals surface area contributed by atoms with Crippen molar-refractivity contribution in [1.82, 2.24) is 0 Å². The van der Waals surface area contributed by atoms with Crippen LogP contribution in [0.25, 0.3) is 0 Å². The van der Waals surface area contributed by atoms with E-state index in [0.717, 1.165) is 12.8 Å². The van der Waals surface area contributed by atoms with Gasteiger partial charge in [0.2, 0.25) is 0 Å². The molecule has 1 atom stereocenters. The van der Waals surface area contributed by atoms with Gasteiger partial charge in [-0.15, -0.1) is 0 Å². The monoisotopic (exact) mass is 173 g/mol. The highest BCUT2D eigenvalue weighted by Crippen LogP contribution is 2.05. The van der Waals surface area contributed by atoms with Crippen LogP contribution >= 0.6 is 0 Å². The zero-order valence-corrected chi connectivity index (χ0v) is 7.84. The number of quaternary nitrogens is 1. The van der Waals surface area contributed by atoms with Gasteiger partial charge in [0.05, 0.1) is 5.97 Å². The molecule has 0 aliphatic heterocycles. The predicted octanol–water partition coefficient (Wildman–Crippen LogP) is -0.293. The lowest BCUT2D eigenvalue weighted by Crippen LogP contribution is -2.68. The van der Waals surface area contributed by atoms with Crippen LogP contribution in [-0.4, -0.2) is 12.0 Å². The Balaban J connectivity index is 3.14. The first-order chi connectivity index (χ1) is 5.68. The fraction of sp³-hybridized carbons (Fsp3) is 0.889. The third kappa shape index (κ3) is 6.16. The first-order valence-electron chi connectivity index (χ1n) is 4.72. The molecule has 0 aliphatic carbocycles. The summed E-state index contributed by atoms with van der Waals surface area (Å²) in [6, 6.07) is -0.522. The van der Waals surface area contributed by atoms with Gasteiger partial charge < -0.3 is 15.6 Å². The van der Waals surface area contributed by atoms with Crippen LogP contribution in [0, 0.1) is 0 Å². The standard InChI is InChI=1S/C9H19NO2/c1-2-3-4-5-6-7-8(10)9(11)12/h8H,2-7,10H2,1H3,(H,11,12)/t8-/m1/s1. The Labute approximate surface area is 74.0 Å². The number of carboxylic acid groups (broad SMARTS) is 1. The van der Waals surface area contributed by atoms with Gasteiger partial charge in [-0.2, -0.15) is 0 Å². The smallest absolute Gasteiger partial charge is 0.124 e. The molecule has 0 aromatic carbocycles. The summed E-state index contributed by atoms with van der Waals surface area (Å²) < 4.78 is 0. The van der Waals surface area contributed by atoms with Crippen LogP contribution in [0.4, 0.5) is 0 Å². The molecule has 72 valence electrons. The Morgan fingerprint density at radius 3 is 2.42 bits per heavy atom. The van der Waals surface area contributed by atoms with Crippen LogP contribution < -0.4 is 10.8 Å². The largest absolute Gasteiger partial charge is 0.544 e. The number of hydrogen-bond acceptors (Lipinski definition) is 2. The van der Waals surface area contributed by atoms with E-state index >= 15 is 0 Å². The number of carboxylic acids is 1. The fourth-order valence-electron chi connectivity index (χ4n) is 1.11. The molecule has 0 amide bonds. The van der Waals surface area contributed by atoms with Crippen molar-refractivity contribution in [2.24, 2.45) is 0 Å². The number of rotatable bonds is 7. The van der Waals surface area contributed by atoms with Crippen LogP contribution in [0.3, 0.4) is 0 Å². The van der Waals surface area contributed by atoms with E-state index in [9.17, 15) is 9.90 Å². The summed E-state index contributed by atoms with van der Waals surface area (Å²) in [4.78, 5) is 10.2. The van der Waals surface area contributed by atoms with Gasteiger partial charge in [0.25, 0.3) is 0 Å². The molecule has 0 aromatic rings. The molecule has 0 fully saturated rings. The molecule has 0 rings (SSSR count). The van der Waals surface area contributed by atoms with Gasteiger partial charge in [-0.3, -0.25) is 0 Å². The summed E-state index contributed by atoms with van der Waals surface area (Å²) in [6.45, 7) is 2.16. The maximum Gasteiger partial charge on any atom is 0.124 e. The summed E-state index contributed by atoms with van der Waals surface area (Å²) in [5.41, 5.74) is 3.49. The molecule has 0 aliphatic rings. The second-order valence-corrected chi connectivity index (χ2v) is 3.22. The van der Waals surface area contributed by atoms with Crippen LogP contribution in [-0.2, 0) is 4.79 Å². The number of unbranched alkanes of at least 4 members (excludes halogenated alkanes) is 4. The van der Waals surface area contributed by atoms with Crippen molar-refractivity contribution in [1.29, 1.82) is 0 Å². The van der Waals surface area contributed by atoms with Crippen molar-refractivity contribution in [3.05, 3.63) is 0 Å². The van der Waals surface area contributed by atoms with Gasteiger partial charge in [0, 0.05) is 6.42 Å². The lowest BCUT2D eigenvalue weighted by atomic mass is 10.1. The quantitative estimate of drug-likeness (QED) is 0.537. The molecule has 0 heterocycles. The highest BCUT2D eigenvalue weighted by atomic mass is 16.4. The minimum absolute atomic E-state index is 0.522. The van der Waals surface area contributed by atoms with Gasteiger partial charge in [0.15, 0.2) is 0 Å². The van der Waals surface area contributed by atoms with E-state index in [4.69, 9.17) is 0 Å². The first-order valence-corrected chi connectivity index (χ1v) is 4.72. The average molecular weight is 173 g/mol. The molecule has 0 aromatic heterocycles. The molecule has 0 radical (unpaired) electrons. The number of carbonyl (C=O) groups is 1. The van der Waals surface area contributed by atoms with E-state index in [1.807, 2.05) is 0 Å². The zero-order valence-electron chi connectivity index (χ0n) is 7.84. The van der Waals surface area contributed by atoms with Gasteiger partial charge in [-0.25, -0.2) is 0 Å². The molecule has 3 nitrogen and oxygen atoms in total. The second kappa shape index (κ2) is 7.10. The van der Waals surface area contributed by atoms with Crippen molar-refractivity contribution >= 4 is 5.97 Å². The lowest BCUT2D eigenvalue weighted by molar-refractivity contribution is -0.438. The summed E-state index contributed by atoms with van der Waals surface area (Å²) >= 11 is 0. The summed E-state index contributed by atoms with van der Waals surface area (Å²) in [7, 11) is 0. The lowest BCUT2D eigenvalue weighted by Gasteiger charge is -2.08. The van der Waals surface area contributed by atoms with Gasteiger partial charge in [0.1, 0.15) is 6.04 Å². The number of carbonyl (C=O) groups excluding carboxylic acids is 1. The summed E-state index contributed by atoms with van der Waals surface area (Å²) in [6.07, 6.45) is 6.40. The molecule has 0 bridgehead atoms. The van der Waals surface area contributed by atoms with Crippen LogP contribution in [0.2, 0.25) is 0 Å². The minimum Gasteiger partial charge on any atom is -0.544 e. The number of hydrogen-bond donors (Lipinski definition) is 1. The highest BCUT2D eigenvalue weighted by Gasteiger charge is 2.05. The summed E-state index contributed by atoms with van der Waals surface area (Å²) in [5, 5.41) is 10.2. The van der Waals surface area contributed by atoms with Gasteiger partial charge >= 0.3 is 0 Å². The van der Waals surface area contributed by atoms with Gasteiger partial charge in [-0.1, -0.05) is 32.6 Å². The SMILES string of the molecule is CCCCCCC[C@@H]([NH3+])C(=O)[O-]. The predicted molar refractivity (Wildman–Crippen MR) is 45.1 cm³/mol. The average Bonchev–Trinajstić information content (AvgIpc) is 2.03. The number of aliphatic carboxylic acids is 1. The fourth-order valence-corrected chi connectivity index (χ4v) is 1.11. The Bertz CT molecular complexity index is 126. The molecule has 3 heteroatoms. The normalized spacial score (nSPS) is 12.8. The van der Waals surface area contributed by atoms with Crippen molar-refractivity contribution in [2.45, 2.75) is 51.5 Å². The first kappa shape index (κ1) is 11.4. The molecule has 3 N–H and O–H groups in total. The van der Waals surface area contributed by atoms with Crippen LogP contribution in [0.1, 0.15) is 45.4 Å². The van der Waals surface area contributed by atoms with Crippen molar-refractivity contribution in [3.8, 4) is 0 Å². The maximum absolute atomic E-state index is 10.2. The topological polar surface area (TPSA) is 67.8 Å². The molecule has 0 saturated carbocycles. The molecule has 0 unspecified atom stereocenters. The zero-order chi connectivity index (χ0) is 9.40. The summed E-state index contributed by atoms with van der Waals surface area (Å²) in [5.74, 6) is -1.02. The molecule has 0 saturated heterocycles. The molecular formula is C9H19NO2. The van der Waals surface area contributed by atoms with Crippen LogP contribution in [0.5, 0.6) is 0 Å². The highest BCUT2D eigenvalue weighted by molar-refractivity contribution is 5.68. The van der Waals surface area contributed by atoms with Crippen LogP contribution in [0.15, 0.2) is 0 Å². The Morgan fingerprint density at radius 1 is 1.33 bits per heavy atom. The van der Waals surface area contributed by atoms with Gasteiger partial charge in [-0.05, 0) is 6.42 Å². The van der Waals surface area contributed by atoms with Crippen molar-refractivity contribution < 1.29 is 15.6 Å².